The van der Waals surface area contributed by atoms with Crippen LogP contribution < -0.4 is 10.6 Å². The molecule has 1 aromatic carbocycles. The van der Waals surface area contributed by atoms with E-state index in [-0.39, 0.29) is 18.3 Å². The lowest BCUT2D eigenvalue weighted by atomic mass is 9.99. The van der Waals surface area contributed by atoms with Gasteiger partial charge in [-0.3, -0.25) is 4.79 Å². The van der Waals surface area contributed by atoms with Gasteiger partial charge in [-0.2, -0.15) is 0 Å². The first-order valence-corrected chi connectivity index (χ1v) is 7.21. The second kappa shape index (κ2) is 7.88. The second-order valence-electron chi connectivity index (χ2n) is 4.89. The fraction of sp³-hybridized carbons (Fsp3) is 0.500. The minimum Gasteiger partial charge on any atom is -0.352 e. The van der Waals surface area contributed by atoms with Crippen molar-refractivity contribution < 1.29 is 4.79 Å². The second-order valence-corrected chi connectivity index (χ2v) is 5.74. The highest BCUT2D eigenvalue weighted by molar-refractivity contribution is 9.10. The zero-order chi connectivity index (χ0) is 13.0. The highest BCUT2D eigenvalue weighted by Crippen LogP contribution is 2.17. The Hall–Kier alpha value is -0.580. The van der Waals surface area contributed by atoms with Gasteiger partial charge in [0, 0.05) is 16.6 Å². The minimum absolute atomic E-state index is 0. The predicted octanol–water partition coefficient (Wildman–Crippen LogP) is 2.91. The van der Waals surface area contributed by atoms with Crippen LogP contribution in [0.1, 0.15) is 28.8 Å². The lowest BCUT2D eigenvalue weighted by Crippen LogP contribution is -2.38. The number of aryl methyl sites for hydroxylation is 1. The number of carbonyl (C=O) groups excluding carboxylic acids is 1. The van der Waals surface area contributed by atoms with Crippen molar-refractivity contribution in [3.05, 3.63) is 33.8 Å². The average Bonchev–Trinajstić information content (AvgIpc) is 2.40. The molecule has 2 rings (SSSR count). The number of hydrogen-bond donors (Lipinski definition) is 2. The molecule has 106 valence electrons. The van der Waals surface area contributed by atoms with E-state index in [1.165, 1.54) is 12.8 Å². The van der Waals surface area contributed by atoms with Crippen LogP contribution >= 0.6 is 28.3 Å². The lowest BCUT2D eigenvalue weighted by molar-refractivity contribution is 0.0944. The van der Waals surface area contributed by atoms with Crippen LogP contribution in [0, 0.1) is 12.8 Å². The van der Waals surface area contributed by atoms with Crippen molar-refractivity contribution in [2.24, 2.45) is 5.92 Å². The standard InChI is InChI=1S/C14H19BrN2O.ClH/c1-10-7-12(4-5-13(10)15)14(18)17-9-11-3-2-6-16-8-11;/h4-5,7,11,16H,2-3,6,8-9H2,1H3,(H,17,18);1H. The Labute approximate surface area is 129 Å². The molecule has 19 heavy (non-hydrogen) atoms. The maximum Gasteiger partial charge on any atom is 0.251 e. The van der Waals surface area contributed by atoms with Crippen LogP contribution in [0.4, 0.5) is 0 Å². The molecule has 0 saturated carbocycles. The molecule has 3 nitrogen and oxygen atoms in total. The topological polar surface area (TPSA) is 41.1 Å². The van der Waals surface area contributed by atoms with Crippen molar-refractivity contribution in [3.8, 4) is 0 Å². The van der Waals surface area contributed by atoms with Crippen LogP contribution in [0.2, 0.25) is 0 Å². The van der Waals surface area contributed by atoms with Crippen molar-refractivity contribution in [1.29, 1.82) is 0 Å². The molecule has 1 saturated heterocycles. The fourth-order valence-corrected chi connectivity index (χ4v) is 2.47. The number of nitrogens with one attached hydrogen (secondary N) is 2. The van der Waals surface area contributed by atoms with E-state index >= 15 is 0 Å². The number of piperidine rings is 1. The first-order valence-electron chi connectivity index (χ1n) is 6.42. The molecule has 1 atom stereocenters. The van der Waals surface area contributed by atoms with E-state index in [4.69, 9.17) is 0 Å². The monoisotopic (exact) mass is 346 g/mol. The van der Waals surface area contributed by atoms with Gasteiger partial charge in [-0.05, 0) is 62.5 Å². The summed E-state index contributed by atoms with van der Waals surface area (Å²) in [5.74, 6) is 0.593. The van der Waals surface area contributed by atoms with E-state index in [9.17, 15) is 4.79 Å². The Morgan fingerprint density at radius 3 is 2.95 bits per heavy atom. The maximum absolute atomic E-state index is 12.0. The summed E-state index contributed by atoms with van der Waals surface area (Å²) in [7, 11) is 0. The van der Waals surface area contributed by atoms with Gasteiger partial charge in [0.2, 0.25) is 0 Å². The Bertz CT molecular complexity index is 433. The van der Waals surface area contributed by atoms with Gasteiger partial charge in [-0.25, -0.2) is 0 Å². The van der Waals surface area contributed by atoms with Crippen LogP contribution in [0.5, 0.6) is 0 Å². The fourth-order valence-electron chi connectivity index (χ4n) is 2.22. The number of hydrogen-bond acceptors (Lipinski definition) is 2. The molecule has 0 radical (unpaired) electrons. The molecule has 0 spiro atoms. The van der Waals surface area contributed by atoms with Crippen LogP contribution in [-0.4, -0.2) is 25.5 Å². The van der Waals surface area contributed by atoms with Crippen molar-refractivity contribution in [2.75, 3.05) is 19.6 Å². The van der Waals surface area contributed by atoms with E-state index in [1.54, 1.807) is 0 Å². The molecule has 5 heteroatoms. The summed E-state index contributed by atoms with van der Waals surface area (Å²) in [6.45, 7) is 4.88. The summed E-state index contributed by atoms with van der Waals surface area (Å²) in [4.78, 5) is 12.0. The van der Waals surface area contributed by atoms with Gasteiger partial charge < -0.3 is 10.6 Å². The van der Waals surface area contributed by atoms with E-state index in [0.29, 0.717) is 5.92 Å². The predicted molar refractivity (Wildman–Crippen MR) is 84.1 cm³/mol. The maximum atomic E-state index is 12.0. The molecule has 0 bridgehead atoms. The molecular formula is C14H20BrClN2O. The molecule has 1 aliphatic rings. The van der Waals surface area contributed by atoms with Gasteiger partial charge >= 0.3 is 0 Å². The zero-order valence-corrected chi connectivity index (χ0v) is 13.4. The minimum atomic E-state index is 0. The van der Waals surface area contributed by atoms with Crippen molar-refractivity contribution in [1.82, 2.24) is 10.6 Å². The summed E-state index contributed by atoms with van der Waals surface area (Å²) in [6.07, 6.45) is 2.41. The van der Waals surface area contributed by atoms with Crippen molar-refractivity contribution in [2.45, 2.75) is 19.8 Å². The third-order valence-corrected chi connectivity index (χ3v) is 4.26. The summed E-state index contributed by atoms with van der Waals surface area (Å²) in [5, 5.41) is 6.38. The Morgan fingerprint density at radius 2 is 2.32 bits per heavy atom. The van der Waals surface area contributed by atoms with Gasteiger partial charge in [0.1, 0.15) is 0 Å². The third-order valence-electron chi connectivity index (χ3n) is 3.37. The zero-order valence-electron chi connectivity index (χ0n) is 11.0. The molecule has 2 N–H and O–H groups in total. The normalized spacial score (nSPS) is 18.5. The summed E-state index contributed by atoms with van der Waals surface area (Å²) < 4.78 is 1.04. The largest absolute Gasteiger partial charge is 0.352 e. The van der Waals surface area contributed by atoms with Gasteiger partial charge in [0.25, 0.3) is 5.91 Å². The number of rotatable bonds is 3. The molecule has 1 heterocycles. The Morgan fingerprint density at radius 1 is 1.53 bits per heavy atom. The van der Waals surface area contributed by atoms with E-state index in [0.717, 1.165) is 35.2 Å². The first kappa shape index (κ1) is 16.5. The Balaban J connectivity index is 0.00000180. The number of amides is 1. The van der Waals surface area contributed by atoms with Crippen LogP contribution in [-0.2, 0) is 0 Å². The van der Waals surface area contributed by atoms with Crippen LogP contribution in [0.25, 0.3) is 0 Å². The SMILES string of the molecule is Cc1cc(C(=O)NCC2CCCNC2)ccc1Br.Cl. The van der Waals surface area contributed by atoms with E-state index in [1.807, 2.05) is 25.1 Å². The lowest BCUT2D eigenvalue weighted by Gasteiger charge is -2.22. The smallest absolute Gasteiger partial charge is 0.251 e. The number of benzene rings is 1. The van der Waals surface area contributed by atoms with E-state index < -0.39 is 0 Å². The molecule has 1 fully saturated rings. The number of halogens is 2. The van der Waals surface area contributed by atoms with E-state index in [2.05, 4.69) is 26.6 Å². The van der Waals surface area contributed by atoms with Crippen LogP contribution in [0.15, 0.2) is 22.7 Å². The van der Waals surface area contributed by atoms with Crippen LogP contribution in [0.3, 0.4) is 0 Å². The molecular weight excluding hydrogens is 328 g/mol. The average molecular weight is 348 g/mol. The van der Waals surface area contributed by atoms with Crippen molar-refractivity contribution >= 4 is 34.2 Å². The quantitative estimate of drug-likeness (QED) is 0.883. The third kappa shape index (κ3) is 4.79. The highest BCUT2D eigenvalue weighted by atomic mass is 79.9. The van der Waals surface area contributed by atoms with Gasteiger partial charge in [0.15, 0.2) is 0 Å². The molecule has 1 aromatic rings. The van der Waals surface area contributed by atoms with Gasteiger partial charge in [0.05, 0.1) is 0 Å². The summed E-state index contributed by atoms with van der Waals surface area (Å²) in [6, 6.07) is 5.69. The van der Waals surface area contributed by atoms with Crippen molar-refractivity contribution in [3.63, 3.8) is 0 Å². The summed E-state index contributed by atoms with van der Waals surface area (Å²) in [5.41, 5.74) is 1.82. The molecule has 1 amide bonds. The highest BCUT2D eigenvalue weighted by Gasteiger charge is 2.14. The summed E-state index contributed by atoms with van der Waals surface area (Å²) >= 11 is 3.44. The Kier molecular flexibility index (Phi) is 6.83. The molecule has 1 aliphatic heterocycles. The molecule has 1 unspecified atom stereocenters. The first-order chi connectivity index (χ1) is 8.66. The molecule has 0 aromatic heterocycles. The number of carbonyl (C=O) groups is 1. The van der Waals surface area contributed by atoms with Gasteiger partial charge in [-0.1, -0.05) is 15.9 Å². The van der Waals surface area contributed by atoms with Gasteiger partial charge in [-0.15, -0.1) is 12.4 Å². The molecule has 0 aliphatic carbocycles.